The molecule has 0 aliphatic heterocycles. The van der Waals surface area contributed by atoms with E-state index in [9.17, 15) is 0 Å². The Hall–Kier alpha value is -2.18. The maximum atomic E-state index is 5.60. The fourth-order valence-electron chi connectivity index (χ4n) is 2.70. The largest absolute Gasteiger partial charge is 0.377 e. The molecule has 0 saturated heterocycles. The maximum Gasteiger partial charge on any atom is 0.136 e. The number of aromatic nitrogens is 2. The summed E-state index contributed by atoms with van der Waals surface area (Å²) in [5.74, 6) is 0.849. The zero-order chi connectivity index (χ0) is 21.2. The summed E-state index contributed by atoms with van der Waals surface area (Å²) in [6, 6.07) is 12.3. The number of nitrogens with two attached hydrogens (primary N) is 1. The van der Waals surface area contributed by atoms with Crippen molar-refractivity contribution in [3.8, 4) is 11.3 Å². The molecule has 6 heteroatoms. The molecule has 1 aromatic carbocycles. The van der Waals surface area contributed by atoms with Crippen molar-refractivity contribution < 1.29 is 0 Å². The lowest BCUT2D eigenvalue weighted by Crippen LogP contribution is -2.10. The topological polar surface area (TPSA) is 67.1 Å². The van der Waals surface area contributed by atoms with Gasteiger partial charge in [0, 0.05) is 42.3 Å². The van der Waals surface area contributed by atoms with E-state index in [0.717, 1.165) is 51.1 Å². The van der Waals surface area contributed by atoms with E-state index in [1.807, 2.05) is 32.3 Å². The first-order valence-electron chi connectivity index (χ1n) is 10.2. The molecule has 0 aliphatic rings. The Kier molecular flexibility index (Phi) is 9.35. The summed E-state index contributed by atoms with van der Waals surface area (Å²) in [5.41, 5.74) is 9.60. The van der Waals surface area contributed by atoms with Gasteiger partial charge in [0.1, 0.15) is 5.82 Å². The number of hydrogen-bond acceptors (Lipinski definition) is 5. The van der Waals surface area contributed by atoms with Crippen molar-refractivity contribution in [2.75, 3.05) is 37.4 Å². The van der Waals surface area contributed by atoms with Crippen LogP contribution in [0.2, 0.25) is 0 Å². The van der Waals surface area contributed by atoms with Crippen LogP contribution in [0.5, 0.6) is 0 Å². The van der Waals surface area contributed by atoms with Crippen LogP contribution in [-0.4, -0.2) is 37.2 Å². The minimum absolute atomic E-state index is 0.655. The molecule has 2 aromatic heterocycles. The number of nitrogens with one attached hydrogen (secondary N) is 1. The number of anilines is 2. The summed E-state index contributed by atoms with van der Waals surface area (Å²) >= 11 is 3.65. The van der Waals surface area contributed by atoms with Gasteiger partial charge in [-0.2, -0.15) is 0 Å². The van der Waals surface area contributed by atoms with Crippen LogP contribution in [0, 0.1) is 0 Å². The van der Waals surface area contributed by atoms with E-state index in [0.29, 0.717) is 6.54 Å². The van der Waals surface area contributed by atoms with Gasteiger partial charge < -0.3 is 16.0 Å². The number of fused-ring (bicyclic) bond motifs is 1. The number of unbranched alkanes of at least 4 members (excludes halogenated alkanes) is 1. The number of nitrogens with zero attached hydrogens (tertiary/aromatic N) is 3. The molecule has 0 spiro atoms. The SMILES string of the molecule is CCCC.CN(C)c1ccc(-c2cc3ncccc3c(NCCCN)n2)cc1Br. The summed E-state index contributed by atoms with van der Waals surface area (Å²) < 4.78 is 1.04. The molecule has 0 aliphatic carbocycles. The highest BCUT2D eigenvalue weighted by Gasteiger charge is 2.10. The summed E-state index contributed by atoms with van der Waals surface area (Å²) in [6.07, 6.45) is 5.34. The monoisotopic (exact) mass is 457 g/mol. The molecule has 2 heterocycles. The molecule has 5 nitrogen and oxygen atoms in total. The Balaban J connectivity index is 0.000000687. The Bertz CT molecular complexity index is 909. The van der Waals surface area contributed by atoms with Crippen molar-refractivity contribution in [1.29, 1.82) is 0 Å². The molecule has 0 fully saturated rings. The van der Waals surface area contributed by atoms with E-state index in [1.54, 1.807) is 6.20 Å². The van der Waals surface area contributed by atoms with Crippen LogP contribution in [-0.2, 0) is 0 Å². The van der Waals surface area contributed by atoms with E-state index < -0.39 is 0 Å². The summed E-state index contributed by atoms with van der Waals surface area (Å²) in [4.78, 5) is 11.4. The Labute approximate surface area is 182 Å². The molecule has 0 atom stereocenters. The second kappa shape index (κ2) is 11.7. The summed E-state index contributed by atoms with van der Waals surface area (Å²) in [6.45, 7) is 5.81. The minimum atomic E-state index is 0.655. The van der Waals surface area contributed by atoms with Crippen molar-refractivity contribution in [1.82, 2.24) is 9.97 Å². The summed E-state index contributed by atoms with van der Waals surface area (Å²) in [5, 5.41) is 4.41. The van der Waals surface area contributed by atoms with E-state index in [1.165, 1.54) is 12.8 Å². The Morgan fingerprint density at radius 3 is 2.48 bits per heavy atom. The number of hydrogen-bond donors (Lipinski definition) is 2. The lowest BCUT2D eigenvalue weighted by molar-refractivity contribution is 0.871. The van der Waals surface area contributed by atoms with Crippen LogP contribution in [0.25, 0.3) is 22.2 Å². The van der Waals surface area contributed by atoms with Crippen molar-refractivity contribution in [2.24, 2.45) is 5.73 Å². The zero-order valence-electron chi connectivity index (χ0n) is 17.9. The van der Waals surface area contributed by atoms with Crippen LogP contribution >= 0.6 is 15.9 Å². The van der Waals surface area contributed by atoms with Gasteiger partial charge in [-0.3, -0.25) is 4.98 Å². The fraction of sp³-hybridized carbons (Fsp3) is 0.391. The molecule has 0 bridgehead atoms. The first-order valence-corrected chi connectivity index (χ1v) is 11.0. The molecule has 0 unspecified atom stereocenters. The van der Waals surface area contributed by atoms with Gasteiger partial charge in [-0.15, -0.1) is 0 Å². The average Bonchev–Trinajstić information content (AvgIpc) is 2.73. The van der Waals surface area contributed by atoms with Crippen LogP contribution in [0.1, 0.15) is 33.1 Å². The standard InChI is InChI=1S/C19H22BrN5.C4H10/c1-25(2)18-7-6-13(11-15(18)20)16-12-17-14(5-3-9-22-17)19(24-16)23-10-4-8-21;1-3-4-2/h3,5-7,9,11-12H,4,8,10,21H2,1-2H3,(H,23,24);3-4H2,1-2H3. The predicted molar refractivity (Wildman–Crippen MR) is 130 cm³/mol. The van der Waals surface area contributed by atoms with Crippen molar-refractivity contribution in [3.63, 3.8) is 0 Å². The average molecular weight is 458 g/mol. The minimum Gasteiger partial charge on any atom is -0.377 e. The van der Waals surface area contributed by atoms with Gasteiger partial charge in [-0.25, -0.2) is 4.98 Å². The molecule has 3 rings (SSSR count). The van der Waals surface area contributed by atoms with E-state index >= 15 is 0 Å². The van der Waals surface area contributed by atoms with Gasteiger partial charge in [0.05, 0.1) is 16.9 Å². The number of rotatable bonds is 7. The van der Waals surface area contributed by atoms with Crippen LogP contribution in [0.15, 0.2) is 47.1 Å². The molecule has 3 N–H and O–H groups in total. The maximum absolute atomic E-state index is 5.60. The van der Waals surface area contributed by atoms with Crippen LogP contribution in [0.3, 0.4) is 0 Å². The highest BCUT2D eigenvalue weighted by atomic mass is 79.9. The normalized spacial score (nSPS) is 10.4. The Morgan fingerprint density at radius 1 is 1.10 bits per heavy atom. The third-order valence-corrected chi connectivity index (χ3v) is 5.13. The second-order valence-corrected chi connectivity index (χ2v) is 7.91. The van der Waals surface area contributed by atoms with Gasteiger partial charge in [0.2, 0.25) is 0 Å². The van der Waals surface area contributed by atoms with Crippen LogP contribution < -0.4 is 16.0 Å². The van der Waals surface area contributed by atoms with Crippen molar-refractivity contribution in [3.05, 3.63) is 47.1 Å². The molecule has 156 valence electrons. The Morgan fingerprint density at radius 2 is 1.86 bits per heavy atom. The zero-order valence-corrected chi connectivity index (χ0v) is 19.5. The molecule has 0 radical (unpaired) electrons. The number of pyridine rings is 2. The quantitative estimate of drug-likeness (QED) is 0.445. The number of benzene rings is 1. The third kappa shape index (κ3) is 6.41. The molecule has 0 saturated carbocycles. The lowest BCUT2D eigenvalue weighted by Gasteiger charge is -2.16. The van der Waals surface area contributed by atoms with Gasteiger partial charge in [-0.05, 0) is 59.2 Å². The van der Waals surface area contributed by atoms with Gasteiger partial charge in [-0.1, -0.05) is 32.8 Å². The fourth-order valence-corrected chi connectivity index (χ4v) is 3.43. The molecular formula is C23H32BrN5. The van der Waals surface area contributed by atoms with Crippen molar-refractivity contribution in [2.45, 2.75) is 33.1 Å². The third-order valence-electron chi connectivity index (χ3n) is 4.50. The van der Waals surface area contributed by atoms with E-state index in [-0.39, 0.29) is 0 Å². The van der Waals surface area contributed by atoms with E-state index in [2.05, 4.69) is 63.2 Å². The smallest absolute Gasteiger partial charge is 0.136 e. The molecular weight excluding hydrogens is 426 g/mol. The first-order chi connectivity index (χ1) is 14.0. The van der Waals surface area contributed by atoms with Crippen LogP contribution in [0.4, 0.5) is 11.5 Å². The highest BCUT2D eigenvalue weighted by molar-refractivity contribution is 9.10. The van der Waals surface area contributed by atoms with E-state index in [4.69, 9.17) is 10.7 Å². The van der Waals surface area contributed by atoms with Gasteiger partial charge >= 0.3 is 0 Å². The number of halogens is 1. The molecule has 3 aromatic rings. The van der Waals surface area contributed by atoms with Gasteiger partial charge in [0.15, 0.2) is 0 Å². The van der Waals surface area contributed by atoms with Gasteiger partial charge in [0.25, 0.3) is 0 Å². The lowest BCUT2D eigenvalue weighted by atomic mass is 10.1. The summed E-state index contributed by atoms with van der Waals surface area (Å²) in [7, 11) is 4.05. The highest BCUT2D eigenvalue weighted by Crippen LogP contribution is 2.32. The molecule has 29 heavy (non-hydrogen) atoms. The second-order valence-electron chi connectivity index (χ2n) is 7.06. The molecule has 0 amide bonds. The first kappa shape index (κ1) is 23.1. The van der Waals surface area contributed by atoms with Crippen molar-refractivity contribution >= 4 is 38.3 Å². The predicted octanol–water partition coefficient (Wildman–Crippen LogP) is 5.69.